The second-order valence-corrected chi connectivity index (χ2v) is 5.62. The van der Waals surface area contributed by atoms with E-state index in [0.717, 1.165) is 12.8 Å². The Morgan fingerprint density at radius 3 is 3.04 bits per heavy atom. The number of pyridine rings is 1. The Labute approximate surface area is 133 Å². The number of carboxylic acids is 1. The molecule has 122 valence electrons. The molecule has 1 amide bonds. The van der Waals surface area contributed by atoms with Gasteiger partial charge in [-0.3, -0.25) is 9.59 Å². The minimum atomic E-state index is -0.921. The van der Waals surface area contributed by atoms with Gasteiger partial charge in [-0.05, 0) is 25.0 Å². The molecule has 1 unspecified atom stereocenters. The lowest BCUT2D eigenvalue weighted by atomic mass is 10.2. The summed E-state index contributed by atoms with van der Waals surface area (Å²) in [5, 5.41) is 13.1. The second-order valence-electron chi connectivity index (χ2n) is 5.62. The molecule has 3 heterocycles. The van der Waals surface area contributed by atoms with Gasteiger partial charge in [0, 0.05) is 25.9 Å². The van der Waals surface area contributed by atoms with Crippen LogP contribution in [0.4, 0.5) is 0 Å². The first-order valence-electron chi connectivity index (χ1n) is 7.70. The number of ether oxygens (including phenoxy) is 1. The average Bonchev–Trinajstić information content (AvgIpc) is 3.20. The molecular formula is C16H19N3O4. The van der Waals surface area contributed by atoms with Crippen molar-refractivity contribution in [1.82, 2.24) is 14.5 Å². The topological polar surface area (TPSA) is 84.1 Å². The molecule has 7 heteroatoms. The number of hydrogen-bond acceptors (Lipinski definition) is 4. The number of aromatic nitrogens is 2. The van der Waals surface area contributed by atoms with Crippen molar-refractivity contribution in [1.29, 1.82) is 0 Å². The van der Waals surface area contributed by atoms with Gasteiger partial charge in [-0.25, -0.2) is 4.52 Å². The molecule has 1 N–H and O–H groups in total. The largest absolute Gasteiger partial charge is 0.481 e. The molecule has 1 aliphatic heterocycles. The van der Waals surface area contributed by atoms with Crippen LogP contribution in [0.25, 0.3) is 5.52 Å². The summed E-state index contributed by atoms with van der Waals surface area (Å²) in [5.74, 6) is -1.13. The van der Waals surface area contributed by atoms with Gasteiger partial charge in [0.15, 0.2) is 0 Å². The lowest BCUT2D eigenvalue weighted by Crippen LogP contribution is -2.38. The standard InChI is InChI=1S/C16H19N3O4/c20-15(21)6-8-18(11-12-4-3-9-23-12)16(22)13-10-17-19-7-2-1-5-14(13)19/h1-2,5,7,10,12H,3-4,6,8-9,11H2,(H,20,21). The Bertz CT molecular complexity index is 706. The van der Waals surface area contributed by atoms with Gasteiger partial charge < -0.3 is 14.7 Å². The molecule has 23 heavy (non-hydrogen) atoms. The molecule has 0 radical (unpaired) electrons. The maximum Gasteiger partial charge on any atom is 0.305 e. The third-order valence-corrected chi connectivity index (χ3v) is 3.99. The van der Waals surface area contributed by atoms with Gasteiger partial charge in [0.2, 0.25) is 0 Å². The zero-order chi connectivity index (χ0) is 16.2. The highest BCUT2D eigenvalue weighted by Crippen LogP contribution is 2.17. The summed E-state index contributed by atoms with van der Waals surface area (Å²) in [5.41, 5.74) is 1.19. The molecule has 7 nitrogen and oxygen atoms in total. The molecule has 1 fully saturated rings. The number of carbonyl (C=O) groups is 2. The smallest absolute Gasteiger partial charge is 0.305 e. The molecule has 0 spiro atoms. The molecule has 1 atom stereocenters. The Morgan fingerprint density at radius 1 is 1.43 bits per heavy atom. The van der Waals surface area contributed by atoms with Crippen LogP contribution in [0, 0.1) is 0 Å². The van der Waals surface area contributed by atoms with E-state index in [4.69, 9.17) is 9.84 Å². The molecular weight excluding hydrogens is 298 g/mol. The number of nitrogens with zero attached hydrogens (tertiary/aromatic N) is 3. The number of rotatable bonds is 6. The second kappa shape index (κ2) is 6.78. The van der Waals surface area contributed by atoms with E-state index in [0.29, 0.717) is 24.2 Å². The quantitative estimate of drug-likeness (QED) is 0.871. The first kappa shape index (κ1) is 15.5. The van der Waals surface area contributed by atoms with E-state index in [1.165, 1.54) is 6.20 Å². The fourth-order valence-corrected chi connectivity index (χ4v) is 2.81. The minimum absolute atomic E-state index is 0.0189. The van der Waals surface area contributed by atoms with Crippen molar-refractivity contribution >= 4 is 17.4 Å². The Balaban J connectivity index is 1.81. The molecule has 3 rings (SSSR count). The van der Waals surface area contributed by atoms with Gasteiger partial charge >= 0.3 is 5.97 Å². The van der Waals surface area contributed by atoms with Gasteiger partial charge in [-0.15, -0.1) is 0 Å². The molecule has 1 aliphatic rings. The first-order chi connectivity index (χ1) is 11.1. The fraction of sp³-hybridized carbons (Fsp3) is 0.438. The highest BCUT2D eigenvalue weighted by Gasteiger charge is 2.25. The van der Waals surface area contributed by atoms with Gasteiger partial charge in [0.05, 0.1) is 29.8 Å². The maximum atomic E-state index is 12.8. The first-order valence-corrected chi connectivity index (χ1v) is 7.70. The predicted molar refractivity (Wildman–Crippen MR) is 82.3 cm³/mol. The maximum absolute atomic E-state index is 12.8. The van der Waals surface area contributed by atoms with Gasteiger partial charge in [0.1, 0.15) is 0 Å². The Hall–Kier alpha value is -2.41. The van der Waals surface area contributed by atoms with E-state index in [1.807, 2.05) is 18.2 Å². The number of fused-ring (bicyclic) bond motifs is 1. The van der Waals surface area contributed by atoms with Gasteiger partial charge in [-0.2, -0.15) is 5.10 Å². The number of hydrogen-bond donors (Lipinski definition) is 1. The molecule has 2 aromatic heterocycles. The highest BCUT2D eigenvalue weighted by molar-refractivity contribution is 6.00. The third kappa shape index (κ3) is 3.50. The minimum Gasteiger partial charge on any atom is -0.481 e. The van der Waals surface area contributed by atoms with Gasteiger partial charge in [0.25, 0.3) is 5.91 Å². The number of carboxylic acid groups (broad SMARTS) is 1. The summed E-state index contributed by atoms with van der Waals surface area (Å²) in [6.07, 6.45) is 5.06. The molecule has 0 saturated carbocycles. The lowest BCUT2D eigenvalue weighted by Gasteiger charge is -2.24. The van der Waals surface area contributed by atoms with Crippen LogP contribution < -0.4 is 0 Å². The Kier molecular flexibility index (Phi) is 4.57. The van der Waals surface area contributed by atoms with Crippen molar-refractivity contribution < 1.29 is 19.4 Å². The van der Waals surface area contributed by atoms with Crippen LogP contribution in [0.1, 0.15) is 29.6 Å². The lowest BCUT2D eigenvalue weighted by molar-refractivity contribution is -0.137. The zero-order valence-electron chi connectivity index (χ0n) is 12.7. The van der Waals surface area contributed by atoms with Crippen LogP contribution >= 0.6 is 0 Å². The van der Waals surface area contributed by atoms with E-state index in [9.17, 15) is 9.59 Å². The van der Waals surface area contributed by atoms with Crippen LogP contribution in [0.2, 0.25) is 0 Å². The van der Waals surface area contributed by atoms with Crippen molar-refractivity contribution in [3.63, 3.8) is 0 Å². The average molecular weight is 317 g/mol. The third-order valence-electron chi connectivity index (χ3n) is 3.99. The van der Waals surface area contributed by atoms with E-state index in [2.05, 4.69) is 5.10 Å². The van der Waals surface area contributed by atoms with E-state index in [1.54, 1.807) is 15.6 Å². The summed E-state index contributed by atoms with van der Waals surface area (Å²) in [7, 11) is 0. The molecule has 0 aliphatic carbocycles. The fourth-order valence-electron chi connectivity index (χ4n) is 2.81. The van der Waals surface area contributed by atoms with Gasteiger partial charge in [-0.1, -0.05) is 6.07 Å². The molecule has 0 bridgehead atoms. The van der Waals surface area contributed by atoms with Crippen molar-refractivity contribution in [2.45, 2.75) is 25.4 Å². The van der Waals surface area contributed by atoms with Crippen molar-refractivity contribution in [3.05, 3.63) is 36.2 Å². The predicted octanol–water partition coefficient (Wildman–Crippen LogP) is 1.43. The van der Waals surface area contributed by atoms with Crippen LogP contribution in [0.3, 0.4) is 0 Å². The summed E-state index contributed by atoms with van der Waals surface area (Å²) in [6, 6.07) is 5.50. The van der Waals surface area contributed by atoms with Crippen LogP contribution in [-0.4, -0.2) is 57.3 Å². The molecule has 0 aromatic carbocycles. The molecule has 2 aromatic rings. The van der Waals surface area contributed by atoms with Crippen LogP contribution in [0.15, 0.2) is 30.6 Å². The van der Waals surface area contributed by atoms with Crippen LogP contribution in [0.5, 0.6) is 0 Å². The van der Waals surface area contributed by atoms with Crippen molar-refractivity contribution in [2.75, 3.05) is 19.7 Å². The monoisotopic (exact) mass is 317 g/mol. The highest BCUT2D eigenvalue weighted by atomic mass is 16.5. The zero-order valence-corrected chi connectivity index (χ0v) is 12.7. The number of carbonyl (C=O) groups excluding carboxylic acids is 1. The SMILES string of the molecule is O=C(O)CCN(CC1CCCO1)C(=O)c1cnn2ccccc12. The summed E-state index contributed by atoms with van der Waals surface area (Å²) >= 11 is 0. The van der Waals surface area contributed by atoms with E-state index >= 15 is 0 Å². The summed E-state index contributed by atoms with van der Waals surface area (Å²) in [6.45, 7) is 1.27. The number of amides is 1. The molecule has 1 saturated heterocycles. The van der Waals surface area contributed by atoms with E-state index in [-0.39, 0.29) is 25.0 Å². The van der Waals surface area contributed by atoms with Crippen LogP contribution in [-0.2, 0) is 9.53 Å². The Morgan fingerprint density at radius 2 is 2.30 bits per heavy atom. The van der Waals surface area contributed by atoms with Crippen molar-refractivity contribution in [2.24, 2.45) is 0 Å². The number of aliphatic carboxylic acids is 1. The normalized spacial score (nSPS) is 17.5. The van der Waals surface area contributed by atoms with E-state index < -0.39 is 5.97 Å². The van der Waals surface area contributed by atoms with Crippen molar-refractivity contribution in [3.8, 4) is 0 Å². The summed E-state index contributed by atoms with van der Waals surface area (Å²) in [4.78, 5) is 25.3. The summed E-state index contributed by atoms with van der Waals surface area (Å²) < 4.78 is 7.22.